The van der Waals surface area contributed by atoms with E-state index in [-0.39, 0.29) is 11.4 Å². The van der Waals surface area contributed by atoms with Crippen LogP contribution in [0.5, 0.6) is 0 Å². The molecule has 1 saturated carbocycles. The summed E-state index contributed by atoms with van der Waals surface area (Å²) in [6.45, 7) is 6.51. The van der Waals surface area contributed by atoms with Gasteiger partial charge >= 0.3 is 5.97 Å². The van der Waals surface area contributed by atoms with Crippen LogP contribution in [0, 0.1) is 10.8 Å². The zero-order chi connectivity index (χ0) is 12.7. The molecule has 0 bridgehead atoms. The van der Waals surface area contributed by atoms with Gasteiger partial charge in [-0.05, 0) is 37.4 Å². The fourth-order valence-corrected chi connectivity index (χ4v) is 4.83. The summed E-state index contributed by atoms with van der Waals surface area (Å²) in [6, 6.07) is 0. The quantitative estimate of drug-likeness (QED) is 0.789. The van der Waals surface area contributed by atoms with Gasteiger partial charge in [0.2, 0.25) is 0 Å². The number of carbonyl (C=O) groups is 1. The number of aliphatic hydroxyl groups is 1. The van der Waals surface area contributed by atoms with E-state index in [1.807, 2.05) is 6.92 Å². The molecule has 0 amide bonds. The molecule has 1 N–H and O–H groups in total. The van der Waals surface area contributed by atoms with Gasteiger partial charge in [0.15, 0.2) is 0 Å². The van der Waals surface area contributed by atoms with Crippen LogP contribution < -0.4 is 0 Å². The molecule has 17 heavy (non-hydrogen) atoms. The van der Waals surface area contributed by atoms with Crippen molar-refractivity contribution in [3.8, 4) is 0 Å². The molecule has 2 aliphatic rings. The molecule has 2 fully saturated rings. The van der Waals surface area contributed by atoms with Crippen LogP contribution in [0.4, 0.5) is 0 Å². The molecule has 1 saturated heterocycles. The molecule has 0 aromatic carbocycles. The van der Waals surface area contributed by atoms with Crippen molar-refractivity contribution < 1.29 is 14.6 Å². The summed E-state index contributed by atoms with van der Waals surface area (Å²) in [5.41, 5.74) is -1.34. The van der Waals surface area contributed by atoms with Crippen LogP contribution in [-0.2, 0) is 9.53 Å². The van der Waals surface area contributed by atoms with E-state index in [1.165, 1.54) is 0 Å². The fourth-order valence-electron chi connectivity index (χ4n) is 3.45. The minimum atomic E-state index is -0.848. The van der Waals surface area contributed by atoms with Crippen molar-refractivity contribution in [3.05, 3.63) is 0 Å². The lowest BCUT2D eigenvalue weighted by atomic mass is 9.48. The Labute approximate surface area is 107 Å². The maximum Gasteiger partial charge on any atom is 0.315 e. The van der Waals surface area contributed by atoms with Crippen LogP contribution in [0.2, 0.25) is 0 Å². The number of hydrogen-bond donors (Lipinski definition) is 1. The third-order valence-electron chi connectivity index (χ3n) is 4.12. The van der Waals surface area contributed by atoms with Gasteiger partial charge in [0.25, 0.3) is 0 Å². The van der Waals surface area contributed by atoms with Gasteiger partial charge < -0.3 is 9.84 Å². The number of ether oxygens (including phenoxy) is 1. The second-order valence-corrected chi connectivity index (χ2v) is 7.26. The Kier molecular flexibility index (Phi) is 3.24. The van der Waals surface area contributed by atoms with E-state index in [0.29, 0.717) is 18.8 Å². The highest BCUT2D eigenvalue weighted by Crippen LogP contribution is 2.62. The summed E-state index contributed by atoms with van der Waals surface area (Å²) in [5, 5.41) is 10.8. The van der Waals surface area contributed by atoms with Gasteiger partial charge in [-0.2, -0.15) is 11.8 Å². The monoisotopic (exact) mass is 258 g/mol. The number of carbonyl (C=O) groups excluding carboxylic acids is 1. The second kappa shape index (κ2) is 4.16. The molecule has 98 valence electrons. The van der Waals surface area contributed by atoms with Crippen molar-refractivity contribution >= 4 is 17.7 Å². The van der Waals surface area contributed by atoms with Crippen LogP contribution in [0.3, 0.4) is 0 Å². The highest BCUT2D eigenvalue weighted by atomic mass is 32.2. The minimum absolute atomic E-state index is 0.149. The highest BCUT2D eigenvalue weighted by Gasteiger charge is 2.66. The molecule has 1 atom stereocenters. The van der Waals surface area contributed by atoms with Crippen LogP contribution in [0.15, 0.2) is 0 Å². The Morgan fingerprint density at radius 1 is 1.41 bits per heavy atom. The van der Waals surface area contributed by atoms with Gasteiger partial charge in [0, 0.05) is 5.75 Å². The average Bonchev–Trinajstić information content (AvgIpc) is 2.62. The first-order valence-corrected chi connectivity index (χ1v) is 7.48. The minimum Gasteiger partial charge on any atom is -0.465 e. The molecule has 0 aromatic rings. The summed E-state index contributed by atoms with van der Waals surface area (Å²) in [5.74, 6) is 1.42. The predicted octanol–water partition coefficient (Wildman–Crippen LogP) is 2.22. The fraction of sp³-hybridized carbons (Fsp3) is 0.923. The summed E-state index contributed by atoms with van der Waals surface area (Å²) < 4.78 is 5.21. The molecule has 0 spiro atoms. The molecule has 1 heterocycles. The zero-order valence-electron chi connectivity index (χ0n) is 10.9. The van der Waals surface area contributed by atoms with Crippen LogP contribution in [0.25, 0.3) is 0 Å². The molecule has 2 rings (SSSR count). The van der Waals surface area contributed by atoms with Gasteiger partial charge in [0.1, 0.15) is 0 Å². The highest BCUT2D eigenvalue weighted by molar-refractivity contribution is 7.99. The lowest BCUT2D eigenvalue weighted by Crippen LogP contribution is -2.63. The molecular weight excluding hydrogens is 236 g/mol. The number of esters is 1. The van der Waals surface area contributed by atoms with E-state index in [2.05, 4.69) is 13.8 Å². The van der Waals surface area contributed by atoms with Crippen molar-refractivity contribution in [3.63, 3.8) is 0 Å². The van der Waals surface area contributed by atoms with Crippen molar-refractivity contribution in [2.24, 2.45) is 10.8 Å². The number of rotatable bonds is 3. The summed E-state index contributed by atoms with van der Waals surface area (Å²) in [7, 11) is 0. The van der Waals surface area contributed by atoms with Gasteiger partial charge in [0.05, 0.1) is 17.6 Å². The predicted molar refractivity (Wildman–Crippen MR) is 69.0 cm³/mol. The van der Waals surface area contributed by atoms with Crippen molar-refractivity contribution in [1.29, 1.82) is 0 Å². The van der Waals surface area contributed by atoms with Gasteiger partial charge in [-0.25, -0.2) is 0 Å². The molecule has 3 nitrogen and oxygen atoms in total. The molecule has 1 unspecified atom stereocenters. The van der Waals surface area contributed by atoms with Crippen molar-refractivity contribution in [2.45, 2.75) is 45.6 Å². The van der Waals surface area contributed by atoms with Crippen LogP contribution >= 0.6 is 11.8 Å². The number of thioether (sulfide) groups is 1. The van der Waals surface area contributed by atoms with E-state index < -0.39 is 11.0 Å². The largest absolute Gasteiger partial charge is 0.465 e. The third-order valence-corrected chi connectivity index (χ3v) is 5.29. The Morgan fingerprint density at radius 3 is 2.47 bits per heavy atom. The average molecular weight is 258 g/mol. The van der Waals surface area contributed by atoms with Gasteiger partial charge in [-0.15, -0.1) is 0 Å². The molecule has 0 aromatic heterocycles. The van der Waals surface area contributed by atoms with Gasteiger partial charge in [-0.3, -0.25) is 4.79 Å². The first-order valence-electron chi connectivity index (χ1n) is 6.33. The maximum absolute atomic E-state index is 12.2. The Morgan fingerprint density at radius 2 is 2.06 bits per heavy atom. The summed E-state index contributed by atoms with van der Waals surface area (Å²) in [6.07, 6.45) is 2.21. The lowest BCUT2D eigenvalue weighted by Gasteiger charge is -2.57. The smallest absolute Gasteiger partial charge is 0.315 e. The summed E-state index contributed by atoms with van der Waals surface area (Å²) in [4.78, 5) is 12.2. The first-order chi connectivity index (χ1) is 7.85. The lowest BCUT2D eigenvalue weighted by molar-refractivity contribution is -0.204. The van der Waals surface area contributed by atoms with E-state index in [9.17, 15) is 9.90 Å². The van der Waals surface area contributed by atoms with Crippen molar-refractivity contribution in [2.75, 3.05) is 18.1 Å². The first kappa shape index (κ1) is 13.2. The van der Waals surface area contributed by atoms with Crippen LogP contribution in [-0.4, -0.2) is 34.8 Å². The Bertz CT molecular complexity index is 311. The molecular formula is C13H22O3S. The third kappa shape index (κ3) is 1.99. The van der Waals surface area contributed by atoms with E-state index in [0.717, 1.165) is 18.6 Å². The molecule has 4 heteroatoms. The Balaban J connectivity index is 2.23. The molecule has 0 radical (unpaired) electrons. The maximum atomic E-state index is 12.2. The molecule has 1 aliphatic carbocycles. The van der Waals surface area contributed by atoms with E-state index in [4.69, 9.17) is 4.74 Å². The van der Waals surface area contributed by atoms with Crippen molar-refractivity contribution in [1.82, 2.24) is 0 Å². The van der Waals surface area contributed by atoms with Gasteiger partial charge in [-0.1, -0.05) is 13.8 Å². The SMILES string of the molecule is CCOC(=O)C1(C2(O)CCSC2)CC(C)(C)C1. The standard InChI is InChI=1S/C13H22O3S/c1-4-16-10(14)12(7-11(2,3)8-12)13(15)5-6-17-9-13/h15H,4-9H2,1-3H3. The topological polar surface area (TPSA) is 46.5 Å². The molecule has 1 aliphatic heterocycles. The second-order valence-electron chi connectivity index (χ2n) is 6.15. The van der Waals surface area contributed by atoms with E-state index in [1.54, 1.807) is 11.8 Å². The Hall–Kier alpha value is -0.220. The zero-order valence-corrected chi connectivity index (χ0v) is 11.7. The normalized spacial score (nSPS) is 34.1. The number of hydrogen-bond acceptors (Lipinski definition) is 4. The summed E-state index contributed by atoms with van der Waals surface area (Å²) >= 11 is 1.74. The van der Waals surface area contributed by atoms with Crippen LogP contribution in [0.1, 0.15) is 40.0 Å². The van der Waals surface area contributed by atoms with E-state index >= 15 is 0 Å².